The van der Waals surface area contributed by atoms with Crippen molar-refractivity contribution >= 4 is 6.29 Å². The maximum atomic E-state index is 10.4. The van der Waals surface area contributed by atoms with E-state index in [9.17, 15) is 4.79 Å². The van der Waals surface area contributed by atoms with Gasteiger partial charge in [-0.1, -0.05) is 13.8 Å². The van der Waals surface area contributed by atoms with Gasteiger partial charge in [0.1, 0.15) is 17.9 Å². The largest absolute Gasteiger partial charge is 0.312 e. The van der Waals surface area contributed by atoms with Crippen molar-refractivity contribution in [2.24, 2.45) is 5.92 Å². The lowest BCUT2D eigenvalue weighted by Gasteiger charge is -2.09. The second-order valence-corrected chi connectivity index (χ2v) is 5.27. The van der Waals surface area contributed by atoms with Crippen LogP contribution in [0.5, 0.6) is 0 Å². The van der Waals surface area contributed by atoms with Crippen molar-refractivity contribution in [3.63, 3.8) is 0 Å². The van der Waals surface area contributed by atoms with E-state index in [0.717, 1.165) is 37.2 Å². The summed E-state index contributed by atoms with van der Waals surface area (Å²) in [6.07, 6.45) is 6.87. The van der Waals surface area contributed by atoms with Crippen LogP contribution in [0.25, 0.3) is 0 Å². The van der Waals surface area contributed by atoms with E-state index < -0.39 is 0 Å². The molecule has 1 aromatic rings. The number of aldehydes is 1. The molecule has 94 valence electrons. The second kappa shape index (κ2) is 5.43. The topological polar surface area (TPSA) is 47.8 Å². The van der Waals surface area contributed by atoms with E-state index in [0.29, 0.717) is 18.4 Å². The van der Waals surface area contributed by atoms with Crippen LogP contribution in [-0.4, -0.2) is 21.1 Å². The predicted octanol–water partition coefficient (Wildman–Crippen LogP) is 2.33. The van der Waals surface area contributed by atoms with Crippen molar-refractivity contribution in [3.05, 3.63) is 11.6 Å². The number of aromatic nitrogens is 3. The van der Waals surface area contributed by atoms with Crippen molar-refractivity contribution in [2.75, 3.05) is 0 Å². The molecule has 0 aromatic carbocycles. The molecule has 1 aromatic heterocycles. The number of hydrogen-bond donors (Lipinski definition) is 0. The van der Waals surface area contributed by atoms with Crippen LogP contribution in [-0.2, 0) is 17.6 Å². The molecule has 0 bridgehead atoms. The standard InChI is InChI=1S/C13H21N3O/c1-10(2)5-8-13-15-14-12(4-3-9-17)16(13)11-6-7-11/h9-11H,3-8H2,1-2H3. The van der Waals surface area contributed by atoms with E-state index >= 15 is 0 Å². The molecule has 1 aliphatic carbocycles. The molecule has 0 N–H and O–H groups in total. The third kappa shape index (κ3) is 3.14. The minimum absolute atomic E-state index is 0.551. The molecule has 17 heavy (non-hydrogen) atoms. The van der Waals surface area contributed by atoms with Crippen molar-refractivity contribution in [2.45, 2.75) is 58.4 Å². The van der Waals surface area contributed by atoms with E-state index in [1.54, 1.807) is 0 Å². The zero-order valence-electron chi connectivity index (χ0n) is 10.7. The average molecular weight is 235 g/mol. The summed E-state index contributed by atoms with van der Waals surface area (Å²) >= 11 is 0. The van der Waals surface area contributed by atoms with Crippen molar-refractivity contribution in [3.8, 4) is 0 Å². The van der Waals surface area contributed by atoms with Gasteiger partial charge >= 0.3 is 0 Å². The minimum atomic E-state index is 0.551. The fourth-order valence-electron chi connectivity index (χ4n) is 2.06. The lowest BCUT2D eigenvalue weighted by Crippen LogP contribution is -2.07. The summed E-state index contributed by atoms with van der Waals surface area (Å²) in [5, 5.41) is 8.55. The molecule has 0 atom stereocenters. The molecule has 1 aliphatic rings. The summed E-state index contributed by atoms with van der Waals surface area (Å²) in [4.78, 5) is 10.4. The molecule has 0 unspecified atom stereocenters. The molecule has 1 saturated carbocycles. The third-order valence-corrected chi connectivity index (χ3v) is 3.18. The van der Waals surface area contributed by atoms with Gasteiger partial charge in [0, 0.05) is 25.3 Å². The highest BCUT2D eigenvalue weighted by molar-refractivity contribution is 5.49. The van der Waals surface area contributed by atoms with E-state index in [-0.39, 0.29) is 0 Å². The number of rotatable bonds is 7. The van der Waals surface area contributed by atoms with Gasteiger partial charge in [-0.25, -0.2) is 0 Å². The Labute approximate surface area is 102 Å². The van der Waals surface area contributed by atoms with Crippen LogP contribution in [0.2, 0.25) is 0 Å². The third-order valence-electron chi connectivity index (χ3n) is 3.18. The Balaban J connectivity index is 2.08. The molecule has 0 amide bonds. The molecule has 1 heterocycles. The lowest BCUT2D eigenvalue weighted by atomic mass is 10.1. The maximum absolute atomic E-state index is 10.4. The zero-order valence-corrected chi connectivity index (χ0v) is 10.7. The minimum Gasteiger partial charge on any atom is -0.312 e. The van der Waals surface area contributed by atoms with Crippen LogP contribution in [0, 0.1) is 5.92 Å². The Bertz CT molecular complexity index is 380. The molecule has 0 aliphatic heterocycles. The first-order valence-electron chi connectivity index (χ1n) is 6.58. The smallest absolute Gasteiger partial charge is 0.133 e. The van der Waals surface area contributed by atoms with Crippen LogP contribution in [0.3, 0.4) is 0 Å². The fraction of sp³-hybridized carbons (Fsp3) is 0.769. The Morgan fingerprint density at radius 2 is 1.94 bits per heavy atom. The van der Waals surface area contributed by atoms with Gasteiger partial charge in [-0.3, -0.25) is 0 Å². The van der Waals surface area contributed by atoms with Gasteiger partial charge in [0.25, 0.3) is 0 Å². The molecule has 4 nitrogen and oxygen atoms in total. The van der Waals surface area contributed by atoms with Crippen LogP contribution in [0.4, 0.5) is 0 Å². The van der Waals surface area contributed by atoms with Gasteiger partial charge in [0.15, 0.2) is 0 Å². The van der Waals surface area contributed by atoms with Crippen molar-refractivity contribution < 1.29 is 4.79 Å². The zero-order chi connectivity index (χ0) is 12.3. The van der Waals surface area contributed by atoms with Gasteiger partial charge in [-0.2, -0.15) is 0 Å². The molecule has 4 heteroatoms. The molecule has 0 radical (unpaired) electrons. The second-order valence-electron chi connectivity index (χ2n) is 5.27. The monoisotopic (exact) mass is 235 g/mol. The van der Waals surface area contributed by atoms with Gasteiger partial charge in [-0.15, -0.1) is 10.2 Å². The first kappa shape index (κ1) is 12.3. The van der Waals surface area contributed by atoms with E-state index in [2.05, 4.69) is 28.6 Å². The van der Waals surface area contributed by atoms with E-state index in [1.165, 1.54) is 12.8 Å². The predicted molar refractivity (Wildman–Crippen MR) is 65.8 cm³/mol. The van der Waals surface area contributed by atoms with Crippen LogP contribution in [0.15, 0.2) is 0 Å². The summed E-state index contributed by atoms with van der Waals surface area (Å²) in [7, 11) is 0. The van der Waals surface area contributed by atoms with Crippen LogP contribution in [0.1, 0.15) is 57.2 Å². The highest BCUT2D eigenvalue weighted by Crippen LogP contribution is 2.37. The number of carbonyl (C=O) groups is 1. The Morgan fingerprint density at radius 1 is 1.29 bits per heavy atom. The van der Waals surface area contributed by atoms with Gasteiger partial charge in [0.05, 0.1) is 0 Å². The van der Waals surface area contributed by atoms with Crippen LogP contribution < -0.4 is 0 Å². The molecule has 1 fully saturated rings. The Hall–Kier alpha value is -1.19. The molecule has 0 spiro atoms. The first-order valence-corrected chi connectivity index (χ1v) is 6.58. The summed E-state index contributed by atoms with van der Waals surface area (Å²) in [5.41, 5.74) is 0. The number of aryl methyl sites for hydroxylation is 2. The van der Waals surface area contributed by atoms with Crippen molar-refractivity contribution in [1.82, 2.24) is 14.8 Å². The summed E-state index contributed by atoms with van der Waals surface area (Å²) < 4.78 is 2.28. The van der Waals surface area contributed by atoms with Crippen molar-refractivity contribution in [1.29, 1.82) is 0 Å². The van der Waals surface area contributed by atoms with Crippen LogP contribution >= 0.6 is 0 Å². The highest BCUT2D eigenvalue weighted by atomic mass is 16.1. The number of nitrogens with zero attached hydrogens (tertiary/aromatic N) is 3. The Kier molecular flexibility index (Phi) is 3.92. The maximum Gasteiger partial charge on any atom is 0.133 e. The normalized spacial score (nSPS) is 15.5. The Morgan fingerprint density at radius 3 is 2.47 bits per heavy atom. The molecule has 0 saturated heterocycles. The molecule has 2 rings (SSSR count). The van der Waals surface area contributed by atoms with E-state index in [1.807, 2.05) is 0 Å². The SMILES string of the molecule is CC(C)CCc1nnc(CCC=O)n1C1CC1. The molecular weight excluding hydrogens is 214 g/mol. The lowest BCUT2D eigenvalue weighted by molar-refractivity contribution is -0.107. The summed E-state index contributed by atoms with van der Waals surface area (Å²) in [5.74, 6) is 2.80. The summed E-state index contributed by atoms with van der Waals surface area (Å²) in [6.45, 7) is 4.45. The van der Waals surface area contributed by atoms with Gasteiger partial charge < -0.3 is 9.36 Å². The molecular formula is C13H21N3O. The quantitative estimate of drug-likeness (QED) is 0.681. The number of carbonyl (C=O) groups excluding carboxylic acids is 1. The fourth-order valence-corrected chi connectivity index (χ4v) is 2.06. The van der Waals surface area contributed by atoms with E-state index in [4.69, 9.17) is 0 Å². The number of hydrogen-bond acceptors (Lipinski definition) is 3. The van der Waals surface area contributed by atoms with Gasteiger partial charge in [-0.05, 0) is 25.2 Å². The highest BCUT2D eigenvalue weighted by Gasteiger charge is 2.28. The van der Waals surface area contributed by atoms with Gasteiger partial charge in [0.2, 0.25) is 0 Å². The average Bonchev–Trinajstić information content (AvgIpc) is 3.05. The summed E-state index contributed by atoms with van der Waals surface area (Å²) in [6, 6.07) is 0.605. The first-order chi connectivity index (χ1) is 8.22.